The van der Waals surface area contributed by atoms with E-state index in [0.29, 0.717) is 19.4 Å². The summed E-state index contributed by atoms with van der Waals surface area (Å²) in [6, 6.07) is 14.3. The number of carbonyl (C=O) groups excluding carboxylic acids is 1. The van der Waals surface area contributed by atoms with Gasteiger partial charge in [-0.3, -0.25) is 9.69 Å². The van der Waals surface area contributed by atoms with Gasteiger partial charge in [0.15, 0.2) is 0 Å². The fourth-order valence-electron chi connectivity index (χ4n) is 3.10. The molecule has 1 amide bonds. The molecule has 0 unspecified atom stereocenters. The van der Waals surface area contributed by atoms with E-state index in [1.165, 1.54) is 12.1 Å². The van der Waals surface area contributed by atoms with Gasteiger partial charge in [0.1, 0.15) is 5.82 Å². The topological polar surface area (TPSA) is 38.1 Å². The molecule has 1 aliphatic heterocycles. The molecule has 0 N–H and O–H groups in total. The lowest BCUT2D eigenvalue weighted by Crippen LogP contribution is -2.29. The second-order valence-corrected chi connectivity index (χ2v) is 5.73. The Bertz CT molecular complexity index is 887. The predicted molar refractivity (Wildman–Crippen MR) is 86.8 cm³/mol. The Hall–Kier alpha value is -2.69. The Morgan fingerprint density at radius 3 is 2.87 bits per heavy atom. The third kappa shape index (κ3) is 2.48. The highest BCUT2D eigenvalue weighted by Gasteiger charge is 2.27. The normalized spacial score (nSPS) is 13.5. The number of fused-ring (bicyclic) bond motifs is 3. The molecule has 0 fully saturated rings. The molecule has 0 saturated carbocycles. The average molecular weight is 309 g/mol. The van der Waals surface area contributed by atoms with Crippen LogP contribution in [0.15, 0.2) is 48.5 Å². The van der Waals surface area contributed by atoms with Crippen LogP contribution in [0.3, 0.4) is 0 Å². The van der Waals surface area contributed by atoms with Gasteiger partial charge in [0.25, 0.3) is 0 Å². The maximum Gasteiger partial charge on any atom is 0.229 e. The molecular formula is C18H16FN3O. The summed E-state index contributed by atoms with van der Waals surface area (Å²) in [6.45, 7) is 1.41. The molecule has 5 heteroatoms. The van der Waals surface area contributed by atoms with Gasteiger partial charge in [-0.05, 0) is 36.2 Å². The molecule has 4 nitrogen and oxygen atoms in total. The zero-order chi connectivity index (χ0) is 15.8. The summed E-state index contributed by atoms with van der Waals surface area (Å²) in [4.78, 5) is 18.8. The second-order valence-electron chi connectivity index (χ2n) is 5.73. The van der Waals surface area contributed by atoms with Crippen molar-refractivity contribution < 1.29 is 9.18 Å². The van der Waals surface area contributed by atoms with Crippen LogP contribution in [-0.2, 0) is 17.8 Å². The summed E-state index contributed by atoms with van der Waals surface area (Å²) in [7, 11) is 0. The van der Waals surface area contributed by atoms with Gasteiger partial charge in [-0.1, -0.05) is 24.3 Å². The molecular weight excluding hydrogens is 293 g/mol. The molecule has 1 aliphatic rings. The fourth-order valence-corrected chi connectivity index (χ4v) is 3.10. The van der Waals surface area contributed by atoms with Gasteiger partial charge in [0.2, 0.25) is 11.9 Å². The Morgan fingerprint density at radius 2 is 2.00 bits per heavy atom. The van der Waals surface area contributed by atoms with E-state index in [9.17, 15) is 9.18 Å². The second kappa shape index (κ2) is 5.50. The number of nitrogens with zero attached hydrogens (tertiary/aromatic N) is 3. The number of para-hydroxylation sites is 2. The van der Waals surface area contributed by atoms with Crippen LogP contribution in [0.1, 0.15) is 12.0 Å². The van der Waals surface area contributed by atoms with Gasteiger partial charge >= 0.3 is 0 Å². The monoisotopic (exact) mass is 309 g/mol. The van der Waals surface area contributed by atoms with Crippen LogP contribution >= 0.6 is 0 Å². The first kappa shape index (κ1) is 13.9. The smallest absolute Gasteiger partial charge is 0.229 e. The summed E-state index contributed by atoms with van der Waals surface area (Å²) in [5.74, 6) is 0.483. The van der Waals surface area contributed by atoms with E-state index in [1.807, 2.05) is 30.3 Å². The first-order valence-electron chi connectivity index (χ1n) is 7.72. The van der Waals surface area contributed by atoms with E-state index >= 15 is 0 Å². The number of aryl methyl sites for hydroxylation is 1. The van der Waals surface area contributed by atoms with Crippen LogP contribution < -0.4 is 4.90 Å². The van der Waals surface area contributed by atoms with Crippen LogP contribution in [0.5, 0.6) is 0 Å². The van der Waals surface area contributed by atoms with E-state index in [-0.39, 0.29) is 11.7 Å². The van der Waals surface area contributed by atoms with Crippen molar-refractivity contribution in [1.82, 2.24) is 9.55 Å². The average Bonchev–Trinajstić information content (AvgIpc) is 3.11. The largest absolute Gasteiger partial charge is 0.308 e. The van der Waals surface area contributed by atoms with E-state index < -0.39 is 0 Å². The van der Waals surface area contributed by atoms with Gasteiger partial charge in [0, 0.05) is 19.5 Å². The highest BCUT2D eigenvalue weighted by molar-refractivity contribution is 5.95. The minimum Gasteiger partial charge on any atom is -0.308 e. The minimum absolute atomic E-state index is 0.0308. The third-order valence-electron chi connectivity index (χ3n) is 4.24. The van der Waals surface area contributed by atoms with Crippen LogP contribution in [-0.4, -0.2) is 22.0 Å². The summed E-state index contributed by atoms with van der Waals surface area (Å²) < 4.78 is 15.3. The first-order chi connectivity index (χ1) is 11.2. The number of rotatable bonds is 3. The number of hydrogen-bond donors (Lipinski definition) is 0. The van der Waals surface area contributed by atoms with Crippen molar-refractivity contribution >= 4 is 22.9 Å². The van der Waals surface area contributed by atoms with Crippen LogP contribution in [0.4, 0.5) is 10.3 Å². The first-order valence-corrected chi connectivity index (χ1v) is 7.72. The van der Waals surface area contributed by atoms with Crippen molar-refractivity contribution in [2.24, 2.45) is 0 Å². The number of aromatic nitrogens is 2. The molecule has 116 valence electrons. The van der Waals surface area contributed by atoms with Gasteiger partial charge in [-0.2, -0.15) is 0 Å². The van der Waals surface area contributed by atoms with Crippen molar-refractivity contribution in [3.8, 4) is 0 Å². The maximum atomic E-state index is 13.2. The van der Waals surface area contributed by atoms with Crippen LogP contribution in [0.2, 0.25) is 0 Å². The van der Waals surface area contributed by atoms with Crippen molar-refractivity contribution in [3.63, 3.8) is 0 Å². The Balaban J connectivity index is 1.53. The molecule has 4 rings (SSSR count). The van der Waals surface area contributed by atoms with Crippen molar-refractivity contribution in [1.29, 1.82) is 0 Å². The lowest BCUT2D eigenvalue weighted by molar-refractivity contribution is -0.118. The minimum atomic E-state index is -0.266. The summed E-state index contributed by atoms with van der Waals surface area (Å²) in [5, 5.41) is 0. The lowest BCUT2D eigenvalue weighted by atomic mass is 10.1. The Labute approximate surface area is 133 Å². The molecule has 0 spiro atoms. The summed E-state index contributed by atoms with van der Waals surface area (Å²) >= 11 is 0. The predicted octanol–water partition coefficient (Wildman–Crippen LogP) is 3.15. The Morgan fingerprint density at radius 1 is 1.13 bits per heavy atom. The number of halogens is 1. The Kier molecular flexibility index (Phi) is 3.33. The van der Waals surface area contributed by atoms with E-state index in [4.69, 9.17) is 0 Å². The van der Waals surface area contributed by atoms with Crippen molar-refractivity contribution in [2.45, 2.75) is 19.4 Å². The number of hydrogen-bond acceptors (Lipinski definition) is 2. The van der Waals surface area contributed by atoms with E-state index in [2.05, 4.69) is 9.55 Å². The number of imidazole rings is 1. The van der Waals surface area contributed by atoms with Crippen molar-refractivity contribution in [3.05, 3.63) is 59.9 Å². The molecule has 0 bridgehead atoms. The van der Waals surface area contributed by atoms with Gasteiger partial charge in [-0.25, -0.2) is 9.37 Å². The van der Waals surface area contributed by atoms with Crippen LogP contribution in [0, 0.1) is 5.82 Å². The molecule has 0 aliphatic carbocycles. The van der Waals surface area contributed by atoms with E-state index in [1.54, 1.807) is 11.0 Å². The van der Waals surface area contributed by atoms with Gasteiger partial charge in [0.05, 0.1) is 11.0 Å². The zero-order valence-corrected chi connectivity index (χ0v) is 12.6. The maximum absolute atomic E-state index is 13.2. The zero-order valence-electron chi connectivity index (χ0n) is 12.6. The molecule has 2 aromatic carbocycles. The fraction of sp³-hybridized carbons (Fsp3) is 0.222. The standard InChI is InChI=1S/C18H16FN3O/c19-14-5-3-4-13(12-14)8-9-17(23)22-11-10-21-16-7-2-1-6-15(16)20-18(21)22/h1-7,12H,8-11H2. The molecule has 3 aromatic rings. The summed E-state index contributed by atoms with van der Waals surface area (Å²) in [5.41, 5.74) is 2.80. The quantitative estimate of drug-likeness (QED) is 0.745. The van der Waals surface area contributed by atoms with Crippen LogP contribution in [0.25, 0.3) is 11.0 Å². The van der Waals surface area contributed by atoms with Gasteiger partial charge < -0.3 is 4.57 Å². The molecule has 0 saturated heterocycles. The lowest BCUT2D eigenvalue weighted by Gasteiger charge is -2.13. The number of carbonyl (C=O) groups is 1. The molecule has 0 radical (unpaired) electrons. The van der Waals surface area contributed by atoms with Gasteiger partial charge in [-0.15, -0.1) is 0 Å². The SMILES string of the molecule is O=C(CCc1cccc(F)c1)N1CCn2c1nc1ccccc12. The molecule has 23 heavy (non-hydrogen) atoms. The number of amides is 1. The van der Waals surface area contributed by atoms with E-state index in [0.717, 1.165) is 29.1 Å². The third-order valence-corrected chi connectivity index (χ3v) is 4.24. The molecule has 2 heterocycles. The molecule has 1 aromatic heterocycles. The van der Waals surface area contributed by atoms with Crippen molar-refractivity contribution in [2.75, 3.05) is 11.4 Å². The number of anilines is 1. The highest BCUT2D eigenvalue weighted by atomic mass is 19.1. The summed E-state index contributed by atoms with van der Waals surface area (Å²) in [6.07, 6.45) is 0.889. The molecule has 0 atom stereocenters. The highest BCUT2D eigenvalue weighted by Crippen LogP contribution is 2.27. The number of benzene rings is 2.